The predicted octanol–water partition coefficient (Wildman–Crippen LogP) is 2.35. The Hall–Kier alpha value is -1.05. The minimum atomic E-state index is 0.702. The van der Waals surface area contributed by atoms with Crippen LogP contribution in [0.1, 0.15) is 25.2 Å². The van der Waals surface area contributed by atoms with Crippen LogP contribution >= 0.6 is 0 Å². The third-order valence-corrected chi connectivity index (χ3v) is 1.76. The first-order chi connectivity index (χ1) is 5.77. The first-order valence-corrected chi connectivity index (χ1v) is 4.37. The summed E-state index contributed by atoms with van der Waals surface area (Å²) in [6.45, 7) is 6.76. The molecule has 1 aromatic rings. The summed E-state index contributed by atoms with van der Waals surface area (Å²) in [6.07, 6.45) is 0.979. The van der Waals surface area contributed by atoms with Crippen LogP contribution in [-0.4, -0.2) is 11.6 Å². The standard InChI is InChI=1S/C10H15NO/c1-4-9-6-7-10(12-5-2)8(3)11-9/h6-7H,4-5H2,1-3H3. The monoisotopic (exact) mass is 165 g/mol. The van der Waals surface area contributed by atoms with Crippen molar-refractivity contribution in [3.8, 4) is 5.75 Å². The Bertz CT molecular complexity index is 258. The van der Waals surface area contributed by atoms with Crippen molar-refractivity contribution in [1.29, 1.82) is 0 Å². The fourth-order valence-electron chi connectivity index (χ4n) is 1.11. The number of ether oxygens (including phenoxy) is 1. The lowest BCUT2D eigenvalue weighted by atomic mass is 10.2. The molecule has 0 spiro atoms. The van der Waals surface area contributed by atoms with Crippen molar-refractivity contribution in [2.75, 3.05) is 6.61 Å². The number of hydrogen-bond acceptors (Lipinski definition) is 2. The van der Waals surface area contributed by atoms with Crippen LogP contribution in [0.25, 0.3) is 0 Å². The van der Waals surface area contributed by atoms with E-state index in [2.05, 4.69) is 11.9 Å². The lowest BCUT2D eigenvalue weighted by Gasteiger charge is -2.06. The lowest BCUT2D eigenvalue weighted by molar-refractivity contribution is 0.336. The first-order valence-electron chi connectivity index (χ1n) is 4.37. The van der Waals surface area contributed by atoms with E-state index in [1.807, 2.05) is 26.0 Å². The van der Waals surface area contributed by atoms with Gasteiger partial charge in [-0.15, -0.1) is 0 Å². The number of pyridine rings is 1. The van der Waals surface area contributed by atoms with Gasteiger partial charge in [0.15, 0.2) is 0 Å². The topological polar surface area (TPSA) is 22.1 Å². The molecule has 0 aliphatic carbocycles. The Morgan fingerprint density at radius 2 is 2.08 bits per heavy atom. The molecule has 0 fully saturated rings. The quantitative estimate of drug-likeness (QED) is 0.686. The third kappa shape index (κ3) is 1.97. The highest BCUT2D eigenvalue weighted by Crippen LogP contribution is 2.15. The predicted molar refractivity (Wildman–Crippen MR) is 49.5 cm³/mol. The average Bonchev–Trinajstić information content (AvgIpc) is 2.09. The molecule has 1 aromatic heterocycles. The molecule has 0 unspecified atom stereocenters. The van der Waals surface area contributed by atoms with E-state index in [1.54, 1.807) is 0 Å². The fourth-order valence-corrected chi connectivity index (χ4v) is 1.11. The second kappa shape index (κ2) is 4.10. The Morgan fingerprint density at radius 3 is 2.58 bits per heavy atom. The second-order valence-corrected chi connectivity index (χ2v) is 2.67. The molecule has 0 N–H and O–H groups in total. The van der Waals surface area contributed by atoms with Gasteiger partial charge in [0.05, 0.1) is 12.3 Å². The van der Waals surface area contributed by atoms with Crippen molar-refractivity contribution in [2.24, 2.45) is 0 Å². The Labute approximate surface area is 73.6 Å². The van der Waals surface area contributed by atoms with E-state index in [9.17, 15) is 0 Å². The Morgan fingerprint density at radius 1 is 1.33 bits per heavy atom. The molecule has 66 valence electrons. The summed E-state index contributed by atoms with van der Waals surface area (Å²) in [5.41, 5.74) is 2.10. The zero-order valence-corrected chi connectivity index (χ0v) is 7.92. The summed E-state index contributed by atoms with van der Waals surface area (Å²) in [4.78, 5) is 4.39. The SMILES string of the molecule is CCOc1ccc(CC)nc1C. The molecule has 0 amide bonds. The fraction of sp³-hybridized carbons (Fsp3) is 0.500. The van der Waals surface area contributed by atoms with Crippen molar-refractivity contribution in [3.05, 3.63) is 23.5 Å². The Kier molecular flexibility index (Phi) is 3.09. The highest BCUT2D eigenvalue weighted by Gasteiger charge is 1.99. The lowest BCUT2D eigenvalue weighted by Crippen LogP contribution is -1.97. The molecule has 0 radical (unpaired) electrons. The zero-order valence-electron chi connectivity index (χ0n) is 7.92. The molecule has 0 bridgehead atoms. The smallest absolute Gasteiger partial charge is 0.140 e. The van der Waals surface area contributed by atoms with Gasteiger partial charge in [-0.3, -0.25) is 4.98 Å². The van der Waals surface area contributed by atoms with Gasteiger partial charge >= 0.3 is 0 Å². The van der Waals surface area contributed by atoms with Gasteiger partial charge in [-0.2, -0.15) is 0 Å². The van der Waals surface area contributed by atoms with Crippen LogP contribution in [0.4, 0.5) is 0 Å². The average molecular weight is 165 g/mol. The van der Waals surface area contributed by atoms with E-state index in [4.69, 9.17) is 4.74 Å². The van der Waals surface area contributed by atoms with Crippen molar-refractivity contribution in [2.45, 2.75) is 27.2 Å². The van der Waals surface area contributed by atoms with Gasteiger partial charge in [0, 0.05) is 5.69 Å². The largest absolute Gasteiger partial charge is 0.492 e. The summed E-state index contributed by atoms with van der Waals surface area (Å²) < 4.78 is 5.37. The van der Waals surface area contributed by atoms with Gasteiger partial charge in [-0.1, -0.05) is 6.92 Å². The molecule has 0 aromatic carbocycles. The molecular weight excluding hydrogens is 150 g/mol. The number of aryl methyl sites for hydroxylation is 2. The molecule has 0 saturated carbocycles. The first kappa shape index (κ1) is 9.04. The van der Waals surface area contributed by atoms with Crippen LogP contribution in [0.3, 0.4) is 0 Å². The van der Waals surface area contributed by atoms with Crippen molar-refractivity contribution >= 4 is 0 Å². The molecule has 0 saturated heterocycles. The van der Waals surface area contributed by atoms with Gasteiger partial charge in [0.1, 0.15) is 5.75 Å². The maximum atomic E-state index is 5.37. The van der Waals surface area contributed by atoms with Gasteiger partial charge in [0.25, 0.3) is 0 Å². The second-order valence-electron chi connectivity index (χ2n) is 2.67. The van der Waals surface area contributed by atoms with E-state index < -0.39 is 0 Å². The van der Waals surface area contributed by atoms with Crippen LogP contribution < -0.4 is 4.74 Å². The molecular formula is C10H15NO. The molecule has 1 rings (SSSR count). The molecule has 0 aliphatic heterocycles. The summed E-state index contributed by atoms with van der Waals surface area (Å²) in [6, 6.07) is 4.00. The van der Waals surface area contributed by atoms with Crippen LogP contribution in [0, 0.1) is 6.92 Å². The molecule has 2 heteroatoms. The van der Waals surface area contributed by atoms with E-state index in [0.717, 1.165) is 23.6 Å². The number of rotatable bonds is 3. The molecule has 2 nitrogen and oxygen atoms in total. The molecule has 1 heterocycles. The van der Waals surface area contributed by atoms with E-state index in [-0.39, 0.29) is 0 Å². The maximum Gasteiger partial charge on any atom is 0.140 e. The number of nitrogens with zero attached hydrogens (tertiary/aromatic N) is 1. The number of hydrogen-bond donors (Lipinski definition) is 0. The highest BCUT2D eigenvalue weighted by molar-refractivity contribution is 5.28. The molecule has 12 heavy (non-hydrogen) atoms. The van der Waals surface area contributed by atoms with Crippen LogP contribution in [0.5, 0.6) is 5.75 Å². The van der Waals surface area contributed by atoms with Gasteiger partial charge in [0.2, 0.25) is 0 Å². The Balaban J connectivity index is 2.87. The minimum absolute atomic E-state index is 0.702. The normalized spacial score (nSPS) is 9.92. The van der Waals surface area contributed by atoms with Crippen molar-refractivity contribution in [1.82, 2.24) is 4.98 Å². The summed E-state index contributed by atoms with van der Waals surface area (Å²) >= 11 is 0. The van der Waals surface area contributed by atoms with Crippen LogP contribution in [0.2, 0.25) is 0 Å². The zero-order chi connectivity index (χ0) is 8.97. The van der Waals surface area contributed by atoms with E-state index in [0.29, 0.717) is 6.61 Å². The third-order valence-electron chi connectivity index (χ3n) is 1.76. The van der Waals surface area contributed by atoms with Gasteiger partial charge in [-0.25, -0.2) is 0 Å². The van der Waals surface area contributed by atoms with Crippen molar-refractivity contribution in [3.63, 3.8) is 0 Å². The van der Waals surface area contributed by atoms with E-state index >= 15 is 0 Å². The van der Waals surface area contributed by atoms with Gasteiger partial charge in [-0.05, 0) is 32.4 Å². The summed E-state index contributed by atoms with van der Waals surface area (Å²) in [5, 5.41) is 0. The van der Waals surface area contributed by atoms with E-state index in [1.165, 1.54) is 0 Å². The highest BCUT2D eigenvalue weighted by atomic mass is 16.5. The summed E-state index contributed by atoms with van der Waals surface area (Å²) in [7, 11) is 0. The number of aromatic nitrogens is 1. The minimum Gasteiger partial charge on any atom is -0.492 e. The van der Waals surface area contributed by atoms with Crippen LogP contribution in [-0.2, 0) is 6.42 Å². The van der Waals surface area contributed by atoms with Crippen molar-refractivity contribution < 1.29 is 4.74 Å². The maximum absolute atomic E-state index is 5.37. The summed E-state index contributed by atoms with van der Waals surface area (Å²) in [5.74, 6) is 0.898. The molecule has 0 atom stereocenters. The molecule has 0 aliphatic rings. The van der Waals surface area contributed by atoms with Crippen LogP contribution in [0.15, 0.2) is 12.1 Å². The van der Waals surface area contributed by atoms with Gasteiger partial charge < -0.3 is 4.74 Å².